The number of nitrogens with zero attached hydrogens (tertiary/aromatic N) is 2. The maximum atomic E-state index is 5.73. The van der Waals surface area contributed by atoms with Gasteiger partial charge in [-0.15, -0.1) is 0 Å². The van der Waals surface area contributed by atoms with Gasteiger partial charge in [0.2, 0.25) is 0 Å². The van der Waals surface area contributed by atoms with Gasteiger partial charge in [0.05, 0.1) is 11.9 Å². The Morgan fingerprint density at radius 2 is 2.29 bits per heavy atom. The van der Waals surface area contributed by atoms with E-state index in [2.05, 4.69) is 11.7 Å². The fourth-order valence-corrected chi connectivity index (χ4v) is 1.17. The summed E-state index contributed by atoms with van der Waals surface area (Å²) < 4.78 is 1.74. The first kappa shape index (κ1) is 10.7. The highest BCUT2D eigenvalue weighted by atomic mass is 15.3. The molecule has 0 bridgehead atoms. The molecule has 1 rings (SSSR count). The summed E-state index contributed by atoms with van der Waals surface area (Å²) in [5.74, 6) is 0. The lowest BCUT2D eigenvalue weighted by atomic mass is 10.2. The minimum atomic E-state index is -0.104. The Balaban J connectivity index is 3.15. The van der Waals surface area contributed by atoms with Gasteiger partial charge in [-0.3, -0.25) is 4.68 Å². The average molecular weight is 191 g/mol. The van der Waals surface area contributed by atoms with Gasteiger partial charge in [-0.25, -0.2) is 0 Å². The van der Waals surface area contributed by atoms with E-state index in [9.17, 15) is 0 Å². The summed E-state index contributed by atoms with van der Waals surface area (Å²) >= 11 is 0. The van der Waals surface area contributed by atoms with Crippen LogP contribution in [0.25, 0.3) is 12.2 Å². The normalized spacial score (nSPS) is 12.3. The van der Waals surface area contributed by atoms with Crippen LogP contribution in [0.15, 0.2) is 18.3 Å². The van der Waals surface area contributed by atoms with Gasteiger partial charge in [-0.05, 0) is 26.8 Å². The Labute approximate surface area is 84.9 Å². The van der Waals surface area contributed by atoms with Crippen LogP contribution in [0.5, 0.6) is 0 Å². The van der Waals surface area contributed by atoms with E-state index in [1.54, 1.807) is 10.8 Å². The predicted molar refractivity (Wildman–Crippen MR) is 60.5 cm³/mol. The van der Waals surface area contributed by atoms with Crippen LogP contribution in [-0.2, 0) is 0 Å². The third-order valence-electron chi connectivity index (χ3n) is 1.85. The van der Waals surface area contributed by atoms with Crippen LogP contribution in [0.1, 0.15) is 38.2 Å². The van der Waals surface area contributed by atoms with Crippen LogP contribution in [0.3, 0.4) is 0 Å². The number of rotatable bonds is 3. The molecule has 1 unspecified atom stereocenters. The van der Waals surface area contributed by atoms with Crippen molar-refractivity contribution in [1.29, 1.82) is 0 Å². The Bertz CT molecular complexity index is 355. The molecule has 0 aliphatic heterocycles. The quantitative estimate of drug-likeness (QED) is 0.797. The van der Waals surface area contributed by atoms with E-state index in [4.69, 9.17) is 5.73 Å². The molecule has 1 aromatic rings. The molecule has 0 fully saturated rings. The smallest absolute Gasteiger partial charge is 0.0960 e. The van der Waals surface area contributed by atoms with Crippen molar-refractivity contribution in [2.24, 2.45) is 5.73 Å². The lowest BCUT2D eigenvalue weighted by Crippen LogP contribution is -2.14. The summed E-state index contributed by atoms with van der Waals surface area (Å²) in [5, 5.41) is 4.36. The third kappa shape index (κ3) is 2.33. The van der Waals surface area contributed by atoms with Crippen LogP contribution in [0.4, 0.5) is 0 Å². The molecule has 0 aliphatic carbocycles. The second-order valence-corrected chi connectivity index (χ2v) is 3.62. The van der Waals surface area contributed by atoms with Crippen molar-refractivity contribution >= 4 is 12.2 Å². The molecule has 0 aliphatic rings. The van der Waals surface area contributed by atoms with Gasteiger partial charge in [0.1, 0.15) is 0 Å². The van der Waals surface area contributed by atoms with Crippen molar-refractivity contribution in [2.45, 2.75) is 26.9 Å². The fourth-order valence-electron chi connectivity index (χ4n) is 1.17. The van der Waals surface area contributed by atoms with Crippen molar-refractivity contribution < 1.29 is 0 Å². The lowest BCUT2D eigenvalue weighted by molar-refractivity contribution is 0.508. The van der Waals surface area contributed by atoms with Crippen LogP contribution < -0.4 is 5.73 Å². The summed E-state index contributed by atoms with van der Waals surface area (Å²) in [6.45, 7) is 9.72. The maximum absolute atomic E-state index is 5.73. The number of hydrogen-bond donors (Lipinski definition) is 1. The molecule has 3 nitrogen and oxygen atoms in total. The summed E-state index contributed by atoms with van der Waals surface area (Å²) in [6.07, 6.45) is 5.62. The summed E-state index contributed by atoms with van der Waals surface area (Å²) in [5.41, 5.74) is 8.88. The zero-order chi connectivity index (χ0) is 10.7. The Hall–Kier alpha value is -1.35. The number of aromatic nitrogens is 2. The number of nitrogens with two attached hydrogens (primary N) is 1. The third-order valence-corrected chi connectivity index (χ3v) is 1.85. The van der Waals surface area contributed by atoms with E-state index in [-0.39, 0.29) is 6.17 Å². The molecule has 0 saturated carbocycles. The van der Waals surface area contributed by atoms with Crippen molar-refractivity contribution in [3.8, 4) is 0 Å². The molecule has 1 heterocycles. The van der Waals surface area contributed by atoms with Gasteiger partial charge in [-0.1, -0.05) is 18.2 Å². The van der Waals surface area contributed by atoms with Crippen molar-refractivity contribution in [1.82, 2.24) is 9.78 Å². The highest BCUT2D eigenvalue weighted by molar-refractivity contribution is 5.61. The first-order valence-electron chi connectivity index (χ1n) is 4.66. The topological polar surface area (TPSA) is 43.8 Å². The maximum Gasteiger partial charge on any atom is 0.0960 e. The fraction of sp³-hybridized carbons (Fsp3) is 0.364. The van der Waals surface area contributed by atoms with E-state index >= 15 is 0 Å². The Kier molecular flexibility index (Phi) is 3.25. The predicted octanol–water partition coefficient (Wildman–Crippen LogP) is 2.43. The summed E-state index contributed by atoms with van der Waals surface area (Å²) in [6, 6.07) is 0. The largest absolute Gasteiger partial charge is 0.310 e. The molecule has 1 atom stereocenters. The minimum absolute atomic E-state index is 0.104. The second kappa shape index (κ2) is 4.24. The first-order valence-corrected chi connectivity index (χ1v) is 4.66. The van der Waals surface area contributed by atoms with Gasteiger partial charge in [-0.2, -0.15) is 5.10 Å². The highest BCUT2D eigenvalue weighted by Gasteiger charge is 2.05. The highest BCUT2D eigenvalue weighted by Crippen LogP contribution is 2.14. The van der Waals surface area contributed by atoms with E-state index in [0.29, 0.717) is 0 Å². The van der Waals surface area contributed by atoms with Gasteiger partial charge < -0.3 is 5.73 Å². The standard InChI is InChI=1S/C11H17N3/c1-5-10-7-14(9(4)12)13-11(10)6-8(2)3/h5-7,9H,1,12H2,2-4H3. The zero-order valence-electron chi connectivity index (χ0n) is 8.99. The van der Waals surface area contributed by atoms with E-state index in [0.717, 1.165) is 11.3 Å². The minimum Gasteiger partial charge on any atom is -0.310 e. The SMILES string of the molecule is C=Cc1cn(C(C)N)nc1C=C(C)C. The van der Waals surface area contributed by atoms with Gasteiger partial charge >= 0.3 is 0 Å². The molecule has 0 aromatic carbocycles. The molecule has 0 radical (unpaired) electrons. The average Bonchev–Trinajstić information content (AvgIpc) is 2.46. The summed E-state index contributed by atoms with van der Waals surface area (Å²) in [7, 11) is 0. The molecule has 2 N–H and O–H groups in total. The Morgan fingerprint density at radius 3 is 2.71 bits per heavy atom. The van der Waals surface area contributed by atoms with Gasteiger partial charge in [0.15, 0.2) is 0 Å². The van der Waals surface area contributed by atoms with E-state index in [1.165, 1.54) is 5.57 Å². The molecule has 76 valence electrons. The molecule has 0 spiro atoms. The second-order valence-electron chi connectivity index (χ2n) is 3.62. The Morgan fingerprint density at radius 1 is 1.64 bits per heavy atom. The molecule has 3 heteroatoms. The molecule has 0 saturated heterocycles. The van der Waals surface area contributed by atoms with Crippen LogP contribution >= 0.6 is 0 Å². The zero-order valence-corrected chi connectivity index (χ0v) is 8.99. The number of allylic oxidation sites excluding steroid dienone is 1. The van der Waals surface area contributed by atoms with Crippen LogP contribution in [-0.4, -0.2) is 9.78 Å². The molecular formula is C11H17N3. The molecule has 1 aromatic heterocycles. The van der Waals surface area contributed by atoms with Crippen LogP contribution in [0, 0.1) is 0 Å². The molecule has 0 amide bonds. The van der Waals surface area contributed by atoms with E-state index in [1.807, 2.05) is 33.0 Å². The van der Waals surface area contributed by atoms with Crippen molar-refractivity contribution in [3.63, 3.8) is 0 Å². The van der Waals surface area contributed by atoms with Crippen LogP contribution in [0.2, 0.25) is 0 Å². The molecule has 14 heavy (non-hydrogen) atoms. The first-order chi connectivity index (χ1) is 6.54. The monoisotopic (exact) mass is 191 g/mol. The van der Waals surface area contributed by atoms with Crippen molar-refractivity contribution in [3.05, 3.63) is 29.6 Å². The summed E-state index contributed by atoms with van der Waals surface area (Å²) in [4.78, 5) is 0. The molecular weight excluding hydrogens is 174 g/mol. The van der Waals surface area contributed by atoms with Gasteiger partial charge in [0, 0.05) is 11.8 Å². The van der Waals surface area contributed by atoms with Crippen molar-refractivity contribution in [2.75, 3.05) is 0 Å². The lowest BCUT2D eigenvalue weighted by Gasteiger charge is -2.02. The van der Waals surface area contributed by atoms with E-state index < -0.39 is 0 Å². The van der Waals surface area contributed by atoms with Gasteiger partial charge in [0.25, 0.3) is 0 Å². The number of hydrogen-bond acceptors (Lipinski definition) is 2.